The third-order valence-electron chi connectivity index (χ3n) is 6.28. The zero-order valence-corrected chi connectivity index (χ0v) is 23.9. The molecule has 1 aliphatic rings. The molecule has 0 N–H and O–H groups in total. The number of amides is 2. The lowest BCUT2D eigenvalue weighted by Crippen LogP contribution is -2.50. The van der Waals surface area contributed by atoms with Crippen LogP contribution in [-0.2, 0) is 14.3 Å². The molecule has 0 aromatic heterocycles. The van der Waals surface area contributed by atoms with Gasteiger partial charge in [-0.3, -0.25) is 14.5 Å². The van der Waals surface area contributed by atoms with E-state index in [2.05, 4.69) is 0 Å². The number of rotatable bonds is 7. The maximum atomic E-state index is 14.5. The largest absolute Gasteiger partial charge is 0.482 e. The Morgan fingerprint density at radius 1 is 0.921 bits per heavy atom. The van der Waals surface area contributed by atoms with Crippen LogP contribution in [0, 0.1) is 13.8 Å². The Morgan fingerprint density at radius 3 is 2.13 bits per heavy atom. The molecule has 1 fully saturated rings. The molecule has 38 heavy (non-hydrogen) atoms. The van der Waals surface area contributed by atoms with Gasteiger partial charge in [-0.2, -0.15) is 0 Å². The maximum absolute atomic E-state index is 14.5. The summed E-state index contributed by atoms with van der Waals surface area (Å²) in [6.07, 6.45) is 0. The number of morpholine rings is 1. The van der Waals surface area contributed by atoms with Crippen LogP contribution >= 0.6 is 46.4 Å². The first-order valence-electron chi connectivity index (χ1n) is 11.9. The predicted octanol–water partition coefficient (Wildman–Crippen LogP) is 6.93. The maximum Gasteiger partial charge on any atom is 0.271 e. The molecule has 3 aromatic rings. The zero-order valence-electron chi connectivity index (χ0n) is 20.8. The van der Waals surface area contributed by atoms with Gasteiger partial charge in [0.05, 0.1) is 23.9 Å². The summed E-state index contributed by atoms with van der Waals surface area (Å²) in [6.45, 7) is 5.15. The van der Waals surface area contributed by atoms with Crippen molar-refractivity contribution in [3.8, 4) is 5.75 Å². The van der Waals surface area contributed by atoms with Gasteiger partial charge in [0.1, 0.15) is 11.8 Å². The van der Waals surface area contributed by atoms with Crippen molar-refractivity contribution in [2.45, 2.75) is 19.9 Å². The molecule has 0 bridgehead atoms. The molecule has 1 aliphatic heterocycles. The quantitative estimate of drug-likeness (QED) is 0.296. The van der Waals surface area contributed by atoms with E-state index in [1.165, 1.54) is 11.0 Å². The van der Waals surface area contributed by atoms with E-state index >= 15 is 0 Å². The Hall–Kier alpha value is -2.32. The van der Waals surface area contributed by atoms with Crippen molar-refractivity contribution in [2.75, 3.05) is 37.8 Å². The minimum atomic E-state index is -0.856. The van der Waals surface area contributed by atoms with Crippen molar-refractivity contribution in [3.05, 3.63) is 91.4 Å². The topological polar surface area (TPSA) is 59.1 Å². The normalized spacial score (nSPS) is 14.7. The number of carbonyl (C=O) groups excluding carboxylic acids is 2. The van der Waals surface area contributed by atoms with Crippen molar-refractivity contribution >= 4 is 63.9 Å². The number of benzene rings is 3. The summed E-state index contributed by atoms with van der Waals surface area (Å²) in [5, 5.41) is 1.48. The summed E-state index contributed by atoms with van der Waals surface area (Å²) in [6, 6.07) is 14.4. The summed E-state index contributed by atoms with van der Waals surface area (Å²) in [7, 11) is 0. The summed E-state index contributed by atoms with van der Waals surface area (Å²) < 4.78 is 11.3. The number of imide groups is 1. The highest BCUT2D eigenvalue weighted by molar-refractivity contribution is 6.36. The van der Waals surface area contributed by atoms with Gasteiger partial charge in [0, 0.05) is 28.2 Å². The van der Waals surface area contributed by atoms with Crippen LogP contribution < -0.4 is 9.64 Å². The molecule has 2 amide bonds. The lowest BCUT2D eigenvalue weighted by molar-refractivity contribution is -0.132. The fourth-order valence-corrected chi connectivity index (χ4v) is 5.45. The number of hydrogen-bond acceptors (Lipinski definition) is 5. The lowest BCUT2D eigenvalue weighted by atomic mass is 10.0. The summed E-state index contributed by atoms with van der Waals surface area (Å²) >= 11 is 25.0. The highest BCUT2D eigenvalue weighted by Crippen LogP contribution is 2.35. The highest BCUT2D eigenvalue weighted by atomic mass is 35.5. The molecule has 3 aromatic carbocycles. The Balaban J connectivity index is 1.76. The molecular formula is C28H26Cl4N2O4. The monoisotopic (exact) mass is 594 g/mol. The average molecular weight is 596 g/mol. The zero-order chi connectivity index (χ0) is 27.4. The van der Waals surface area contributed by atoms with Gasteiger partial charge in [-0.05, 0) is 60.9 Å². The molecular weight excluding hydrogens is 570 g/mol. The van der Waals surface area contributed by atoms with Gasteiger partial charge in [-0.25, -0.2) is 4.90 Å². The Labute approximate surface area is 241 Å². The van der Waals surface area contributed by atoms with E-state index in [4.69, 9.17) is 55.9 Å². The summed E-state index contributed by atoms with van der Waals surface area (Å²) in [4.78, 5) is 31.5. The SMILES string of the molecule is Cc1cccc(C)c1N(C(=O)COc1ccc(Cl)cc1Cl)C(=O)C(c1ccc(Cl)cc1Cl)N1CCOCC1. The van der Waals surface area contributed by atoms with Gasteiger partial charge < -0.3 is 9.47 Å². The van der Waals surface area contributed by atoms with E-state index in [1.54, 1.807) is 30.3 Å². The molecule has 1 unspecified atom stereocenters. The molecule has 1 atom stereocenters. The van der Waals surface area contributed by atoms with Crippen LogP contribution in [0.4, 0.5) is 5.69 Å². The molecule has 0 aliphatic carbocycles. The average Bonchev–Trinajstić information content (AvgIpc) is 2.87. The summed E-state index contributed by atoms with van der Waals surface area (Å²) in [5.74, 6) is -0.727. The van der Waals surface area contributed by atoms with Crippen LogP contribution in [0.5, 0.6) is 5.75 Å². The molecule has 0 spiro atoms. The van der Waals surface area contributed by atoms with Gasteiger partial charge in [0.15, 0.2) is 6.61 Å². The predicted molar refractivity (Wildman–Crippen MR) is 152 cm³/mol. The number of hydrogen-bond donors (Lipinski definition) is 0. The number of ether oxygens (including phenoxy) is 2. The molecule has 1 saturated heterocycles. The third kappa shape index (κ3) is 6.45. The van der Waals surface area contributed by atoms with E-state index in [0.29, 0.717) is 52.6 Å². The third-order valence-corrected chi connectivity index (χ3v) is 7.37. The van der Waals surface area contributed by atoms with Crippen LogP contribution in [0.25, 0.3) is 0 Å². The molecule has 10 heteroatoms. The van der Waals surface area contributed by atoms with Crippen molar-refractivity contribution in [3.63, 3.8) is 0 Å². The second-order valence-electron chi connectivity index (χ2n) is 8.89. The smallest absolute Gasteiger partial charge is 0.271 e. The molecule has 0 radical (unpaired) electrons. The first-order valence-corrected chi connectivity index (χ1v) is 13.5. The fraction of sp³-hybridized carbons (Fsp3) is 0.286. The van der Waals surface area contributed by atoms with Crippen molar-refractivity contribution in [1.82, 2.24) is 4.90 Å². The van der Waals surface area contributed by atoms with E-state index in [9.17, 15) is 9.59 Å². The molecule has 200 valence electrons. The van der Waals surface area contributed by atoms with Gasteiger partial charge in [0.25, 0.3) is 11.8 Å². The number of para-hydroxylation sites is 1. The fourth-order valence-electron chi connectivity index (χ4n) is 4.48. The van der Waals surface area contributed by atoms with Crippen LogP contribution in [0.15, 0.2) is 54.6 Å². The van der Waals surface area contributed by atoms with Gasteiger partial charge in [-0.15, -0.1) is 0 Å². The lowest BCUT2D eigenvalue weighted by Gasteiger charge is -2.37. The molecule has 0 saturated carbocycles. The second-order valence-corrected chi connectivity index (χ2v) is 10.6. The van der Waals surface area contributed by atoms with Crippen LogP contribution in [0.2, 0.25) is 20.1 Å². The van der Waals surface area contributed by atoms with Crippen LogP contribution in [0.1, 0.15) is 22.7 Å². The summed E-state index contributed by atoms with van der Waals surface area (Å²) in [5.41, 5.74) is 2.57. The Morgan fingerprint density at radius 2 is 1.53 bits per heavy atom. The van der Waals surface area contributed by atoms with Crippen LogP contribution in [-0.4, -0.2) is 49.6 Å². The number of aryl methyl sites for hydroxylation is 2. The number of nitrogens with zero attached hydrogens (tertiary/aromatic N) is 2. The number of halogens is 4. The Bertz CT molecular complexity index is 1320. The van der Waals surface area contributed by atoms with Gasteiger partial charge in [-0.1, -0.05) is 70.7 Å². The number of anilines is 1. The minimum absolute atomic E-state index is 0.259. The minimum Gasteiger partial charge on any atom is -0.482 e. The van der Waals surface area contributed by atoms with Crippen LogP contribution in [0.3, 0.4) is 0 Å². The number of carbonyl (C=O) groups is 2. The van der Waals surface area contributed by atoms with Gasteiger partial charge >= 0.3 is 0 Å². The molecule has 6 nitrogen and oxygen atoms in total. The van der Waals surface area contributed by atoms with Crippen molar-refractivity contribution < 1.29 is 19.1 Å². The first-order chi connectivity index (χ1) is 18.2. The highest BCUT2D eigenvalue weighted by Gasteiger charge is 2.38. The molecule has 4 rings (SSSR count). The standard InChI is InChI=1S/C28H26Cl4N2O4/c1-17-4-3-5-18(2)26(17)34(25(35)16-38-24-9-7-20(30)15-23(24)32)28(36)27(33-10-12-37-13-11-33)21-8-6-19(29)14-22(21)31/h3-9,14-15,27H,10-13,16H2,1-2H3. The van der Waals surface area contributed by atoms with Gasteiger partial charge in [0.2, 0.25) is 0 Å². The van der Waals surface area contributed by atoms with E-state index in [-0.39, 0.29) is 10.8 Å². The van der Waals surface area contributed by atoms with E-state index in [0.717, 1.165) is 11.1 Å². The van der Waals surface area contributed by atoms with Crippen molar-refractivity contribution in [1.29, 1.82) is 0 Å². The van der Waals surface area contributed by atoms with Crippen molar-refractivity contribution in [2.24, 2.45) is 0 Å². The molecule has 1 heterocycles. The van der Waals surface area contributed by atoms with E-state index < -0.39 is 24.5 Å². The Kier molecular flexibility index (Phi) is 9.58. The first kappa shape index (κ1) is 28.7. The van der Waals surface area contributed by atoms with E-state index in [1.807, 2.05) is 36.9 Å². The second kappa shape index (κ2) is 12.7.